The average molecular weight is 286 g/mol. The Bertz CT molecular complexity index is 421. The lowest BCUT2D eigenvalue weighted by Crippen LogP contribution is -2.33. The van der Waals surface area contributed by atoms with Crippen LogP contribution in [0.15, 0.2) is 22.7 Å². The van der Waals surface area contributed by atoms with Crippen molar-refractivity contribution in [1.82, 2.24) is 4.90 Å². The number of halogens is 2. The average Bonchev–Trinajstić information content (AvgIpc) is 2.68. The molecule has 0 bridgehead atoms. The van der Waals surface area contributed by atoms with Crippen molar-refractivity contribution >= 4 is 21.8 Å². The van der Waals surface area contributed by atoms with Gasteiger partial charge in [-0.05, 0) is 47.8 Å². The lowest BCUT2D eigenvalue weighted by molar-refractivity contribution is 0.0746. The zero-order valence-electron chi connectivity index (χ0n) is 9.04. The first kappa shape index (κ1) is 11.6. The Morgan fingerprint density at radius 3 is 2.94 bits per heavy atom. The van der Waals surface area contributed by atoms with E-state index in [4.69, 9.17) is 0 Å². The van der Waals surface area contributed by atoms with Gasteiger partial charge in [0.25, 0.3) is 5.91 Å². The van der Waals surface area contributed by atoms with Crippen LogP contribution in [-0.2, 0) is 0 Å². The van der Waals surface area contributed by atoms with Crippen LogP contribution in [0.3, 0.4) is 0 Å². The summed E-state index contributed by atoms with van der Waals surface area (Å²) in [5.41, 5.74) is 0.411. The molecule has 2 rings (SSSR count). The van der Waals surface area contributed by atoms with E-state index < -0.39 is 5.82 Å². The van der Waals surface area contributed by atoms with Gasteiger partial charge in [0.1, 0.15) is 5.82 Å². The molecule has 0 radical (unpaired) electrons. The normalized spacial score (nSPS) is 20.2. The summed E-state index contributed by atoms with van der Waals surface area (Å²) in [6.07, 6.45) is 2.05. The van der Waals surface area contributed by atoms with E-state index in [1.54, 1.807) is 17.0 Å². The molecule has 0 spiro atoms. The van der Waals surface area contributed by atoms with Gasteiger partial charge in [-0.3, -0.25) is 4.79 Å². The molecule has 1 aliphatic heterocycles. The number of carbonyl (C=O) groups excluding carboxylic acids is 1. The molecule has 86 valence electrons. The second-order valence-electron chi connectivity index (χ2n) is 4.09. The Balaban J connectivity index is 2.30. The zero-order chi connectivity index (χ0) is 11.7. The summed E-state index contributed by atoms with van der Waals surface area (Å²) in [4.78, 5) is 14.0. The third kappa shape index (κ3) is 1.98. The smallest absolute Gasteiger partial charge is 0.255 e. The molecule has 1 aromatic carbocycles. The standard InChI is InChI=1S/C12H13BrFNO/c1-8-4-3-7-15(8)12(16)9-5-2-6-10(14)11(9)13/h2,5-6,8H,3-4,7H2,1H3. The van der Waals surface area contributed by atoms with E-state index in [-0.39, 0.29) is 16.4 Å². The number of hydrogen-bond acceptors (Lipinski definition) is 1. The molecule has 1 atom stereocenters. The number of benzene rings is 1. The summed E-state index contributed by atoms with van der Waals surface area (Å²) in [5.74, 6) is -0.478. The van der Waals surface area contributed by atoms with Crippen LogP contribution < -0.4 is 0 Å². The minimum atomic E-state index is -0.391. The Morgan fingerprint density at radius 2 is 2.31 bits per heavy atom. The summed E-state index contributed by atoms with van der Waals surface area (Å²) in [6, 6.07) is 4.81. The number of likely N-dealkylation sites (tertiary alicyclic amines) is 1. The monoisotopic (exact) mass is 285 g/mol. The fraction of sp³-hybridized carbons (Fsp3) is 0.417. The van der Waals surface area contributed by atoms with Crippen LogP contribution in [0.4, 0.5) is 4.39 Å². The molecule has 1 fully saturated rings. The van der Waals surface area contributed by atoms with Gasteiger partial charge in [-0.25, -0.2) is 4.39 Å². The summed E-state index contributed by atoms with van der Waals surface area (Å²) < 4.78 is 13.6. The van der Waals surface area contributed by atoms with Gasteiger partial charge < -0.3 is 4.90 Å². The van der Waals surface area contributed by atoms with E-state index in [0.717, 1.165) is 19.4 Å². The second kappa shape index (κ2) is 4.53. The van der Waals surface area contributed by atoms with Gasteiger partial charge in [0.05, 0.1) is 10.0 Å². The van der Waals surface area contributed by atoms with Crippen molar-refractivity contribution in [2.45, 2.75) is 25.8 Å². The molecular formula is C12H13BrFNO. The number of carbonyl (C=O) groups is 1. The molecule has 0 aromatic heterocycles. The molecule has 4 heteroatoms. The molecule has 1 aliphatic rings. The Hall–Kier alpha value is -0.900. The zero-order valence-corrected chi connectivity index (χ0v) is 10.6. The van der Waals surface area contributed by atoms with Gasteiger partial charge in [0.2, 0.25) is 0 Å². The van der Waals surface area contributed by atoms with E-state index >= 15 is 0 Å². The molecule has 0 aliphatic carbocycles. The van der Waals surface area contributed by atoms with Crippen LogP contribution in [-0.4, -0.2) is 23.4 Å². The van der Waals surface area contributed by atoms with Crippen LogP contribution in [0.1, 0.15) is 30.1 Å². The van der Waals surface area contributed by atoms with Crippen molar-refractivity contribution in [3.8, 4) is 0 Å². The van der Waals surface area contributed by atoms with Crippen LogP contribution >= 0.6 is 15.9 Å². The molecule has 16 heavy (non-hydrogen) atoms. The first-order valence-corrected chi connectivity index (χ1v) is 6.15. The third-order valence-electron chi connectivity index (χ3n) is 3.00. The van der Waals surface area contributed by atoms with E-state index in [9.17, 15) is 9.18 Å². The van der Waals surface area contributed by atoms with E-state index in [2.05, 4.69) is 15.9 Å². The highest BCUT2D eigenvalue weighted by atomic mass is 79.9. The highest BCUT2D eigenvalue weighted by Crippen LogP contribution is 2.25. The number of hydrogen-bond donors (Lipinski definition) is 0. The lowest BCUT2D eigenvalue weighted by atomic mass is 10.2. The Labute approximate surface area is 103 Å². The molecule has 2 nitrogen and oxygen atoms in total. The molecule has 1 heterocycles. The molecule has 0 N–H and O–H groups in total. The summed E-state index contributed by atoms with van der Waals surface area (Å²) in [6.45, 7) is 2.79. The topological polar surface area (TPSA) is 20.3 Å². The van der Waals surface area contributed by atoms with Crippen molar-refractivity contribution in [2.24, 2.45) is 0 Å². The molecule has 1 aromatic rings. The van der Waals surface area contributed by atoms with E-state index in [0.29, 0.717) is 5.56 Å². The lowest BCUT2D eigenvalue weighted by Gasteiger charge is -2.22. The number of rotatable bonds is 1. The van der Waals surface area contributed by atoms with Gasteiger partial charge in [0, 0.05) is 12.6 Å². The third-order valence-corrected chi connectivity index (χ3v) is 3.80. The fourth-order valence-corrected chi connectivity index (χ4v) is 2.49. The number of nitrogens with zero attached hydrogens (tertiary/aromatic N) is 1. The SMILES string of the molecule is CC1CCCN1C(=O)c1cccc(F)c1Br. The molecular weight excluding hydrogens is 273 g/mol. The minimum Gasteiger partial charge on any atom is -0.336 e. The van der Waals surface area contributed by atoms with Crippen molar-refractivity contribution < 1.29 is 9.18 Å². The quantitative estimate of drug-likeness (QED) is 0.776. The van der Waals surface area contributed by atoms with Gasteiger partial charge in [-0.1, -0.05) is 6.07 Å². The van der Waals surface area contributed by atoms with E-state index in [1.165, 1.54) is 6.07 Å². The first-order valence-electron chi connectivity index (χ1n) is 5.36. The highest BCUT2D eigenvalue weighted by Gasteiger charge is 2.27. The van der Waals surface area contributed by atoms with Crippen LogP contribution in [0.2, 0.25) is 0 Å². The van der Waals surface area contributed by atoms with Crippen molar-refractivity contribution in [3.05, 3.63) is 34.1 Å². The summed E-state index contributed by atoms with van der Waals surface area (Å²) in [7, 11) is 0. The van der Waals surface area contributed by atoms with Gasteiger partial charge >= 0.3 is 0 Å². The summed E-state index contributed by atoms with van der Waals surface area (Å²) >= 11 is 3.13. The Kier molecular flexibility index (Phi) is 3.28. The fourth-order valence-electron chi connectivity index (χ4n) is 2.06. The largest absolute Gasteiger partial charge is 0.336 e. The molecule has 0 saturated carbocycles. The van der Waals surface area contributed by atoms with Crippen molar-refractivity contribution in [3.63, 3.8) is 0 Å². The Morgan fingerprint density at radius 1 is 1.56 bits per heavy atom. The molecule has 1 amide bonds. The van der Waals surface area contributed by atoms with Gasteiger partial charge in [-0.2, -0.15) is 0 Å². The highest BCUT2D eigenvalue weighted by molar-refractivity contribution is 9.10. The van der Waals surface area contributed by atoms with Gasteiger partial charge in [-0.15, -0.1) is 0 Å². The van der Waals surface area contributed by atoms with Crippen molar-refractivity contribution in [2.75, 3.05) is 6.54 Å². The summed E-state index contributed by atoms with van der Waals surface area (Å²) in [5, 5.41) is 0. The van der Waals surface area contributed by atoms with Crippen molar-refractivity contribution in [1.29, 1.82) is 0 Å². The molecule has 1 unspecified atom stereocenters. The van der Waals surface area contributed by atoms with Crippen LogP contribution in [0, 0.1) is 5.82 Å². The van der Waals surface area contributed by atoms with E-state index in [1.807, 2.05) is 6.92 Å². The first-order chi connectivity index (χ1) is 7.61. The predicted molar refractivity (Wildman–Crippen MR) is 63.8 cm³/mol. The maximum atomic E-state index is 13.3. The van der Waals surface area contributed by atoms with Crippen LogP contribution in [0.25, 0.3) is 0 Å². The number of amides is 1. The second-order valence-corrected chi connectivity index (χ2v) is 4.88. The van der Waals surface area contributed by atoms with Gasteiger partial charge in [0.15, 0.2) is 0 Å². The minimum absolute atomic E-state index is 0.0867. The molecule has 1 saturated heterocycles. The predicted octanol–water partition coefficient (Wildman–Crippen LogP) is 3.21. The maximum absolute atomic E-state index is 13.3. The maximum Gasteiger partial charge on any atom is 0.255 e. The van der Waals surface area contributed by atoms with Crippen LogP contribution in [0.5, 0.6) is 0 Å².